The molecule has 2 saturated heterocycles. The SMILES string of the molecule is C[C@@H]1CN(C(=O)[C@@H]2CCN(c3cc(F)cc(F)c3)C2=O)CCN1. The molecular weight excluding hydrogens is 304 g/mol. The number of anilines is 1. The molecule has 1 aromatic rings. The minimum absolute atomic E-state index is 0.163. The van der Waals surface area contributed by atoms with Gasteiger partial charge in [0.2, 0.25) is 11.8 Å². The zero-order valence-electron chi connectivity index (χ0n) is 12.9. The van der Waals surface area contributed by atoms with Crippen LogP contribution < -0.4 is 10.2 Å². The Kier molecular flexibility index (Phi) is 4.30. The first-order chi connectivity index (χ1) is 11.0. The highest BCUT2D eigenvalue weighted by Gasteiger charge is 2.40. The van der Waals surface area contributed by atoms with E-state index in [1.165, 1.54) is 4.90 Å². The van der Waals surface area contributed by atoms with E-state index in [1.807, 2.05) is 6.92 Å². The molecule has 5 nitrogen and oxygen atoms in total. The highest BCUT2D eigenvalue weighted by atomic mass is 19.1. The molecule has 124 valence electrons. The van der Waals surface area contributed by atoms with Crippen LogP contribution >= 0.6 is 0 Å². The molecule has 0 unspecified atom stereocenters. The van der Waals surface area contributed by atoms with Crippen LogP contribution in [0.5, 0.6) is 0 Å². The molecule has 2 heterocycles. The lowest BCUT2D eigenvalue weighted by Crippen LogP contribution is -2.53. The molecule has 7 heteroatoms. The molecule has 0 aliphatic carbocycles. The molecule has 2 atom stereocenters. The molecule has 1 aromatic carbocycles. The molecule has 2 aliphatic rings. The molecule has 2 amide bonds. The van der Waals surface area contributed by atoms with Gasteiger partial charge in [0.25, 0.3) is 0 Å². The monoisotopic (exact) mass is 323 g/mol. The summed E-state index contributed by atoms with van der Waals surface area (Å²) in [6.45, 7) is 4.11. The van der Waals surface area contributed by atoms with Gasteiger partial charge in [-0.15, -0.1) is 0 Å². The van der Waals surface area contributed by atoms with E-state index < -0.39 is 17.6 Å². The van der Waals surface area contributed by atoms with Gasteiger partial charge in [-0.1, -0.05) is 0 Å². The molecule has 0 saturated carbocycles. The lowest BCUT2D eigenvalue weighted by Gasteiger charge is -2.33. The second kappa shape index (κ2) is 6.23. The van der Waals surface area contributed by atoms with Crippen molar-refractivity contribution in [3.05, 3.63) is 29.8 Å². The zero-order valence-corrected chi connectivity index (χ0v) is 12.9. The van der Waals surface area contributed by atoms with Crippen molar-refractivity contribution in [1.82, 2.24) is 10.2 Å². The molecule has 23 heavy (non-hydrogen) atoms. The minimum atomic E-state index is -0.758. The van der Waals surface area contributed by atoms with Crippen LogP contribution in [-0.2, 0) is 9.59 Å². The van der Waals surface area contributed by atoms with Crippen LogP contribution in [0.2, 0.25) is 0 Å². The molecular formula is C16H19F2N3O2. The predicted octanol–water partition coefficient (Wildman–Crippen LogP) is 1.14. The Labute approximate surface area is 133 Å². The topological polar surface area (TPSA) is 52.7 Å². The molecule has 0 radical (unpaired) electrons. The van der Waals surface area contributed by atoms with E-state index in [0.29, 0.717) is 32.6 Å². The summed E-state index contributed by atoms with van der Waals surface area (Å²) < 4.78 is 26.7. The lowest BCUT2D eigenvalue weighted by molar-refractivity contribution is -0.140. The predicted molar refractivity (Wildman–Crippen MR) is 80.9 cm³/mol. The average Bonchev–Trinajstić information content (AvgIpc) is 2.87. The molecule has 3 rings (SSSR count). The number of rotatable bonds is 2. The highest BCUT2D eigenvalue weighted by molar-refractivity contribution is 6.09. The summed E-state index contributed by atoms with van der Waals surface area (Å²) in [5.74, 6) is -2.81. The van der Waals surface area contributed by atoms with Crippen molar-refractivity contribution in [2.75, 3.05) is 31.1 Å². The number of hydrogen-bond donors (Lipinski definition) is 1. The van der Waals surface area contributed by atoms with Crippen molar-refractivity contribution in [2.24, 2.45) is 5.92 Å². The Hall–Kier alpha value is -2.02. The second-order valence-corrected chi connectivity index (χ2v) is 6.10. The first-order valence-electron chi connectivity index (χ1n) is 7.75. The van der Waals surface area contributed by atoms with Crippen molar-refractivity contribution in [3.8, 4) is 0 Å². The van der Waals surface area contributed by atoms with Crippen LogP contribution in [-0.4, -0.2) is 48.9 Å². The summed E-state index contributed by atoms with van der Waals surface area (Å²) in [5.41, 5.74) is 0.163. The fourth-order valence-electron chi connectivity index (χ4n) is 3.21. The maximum atomic E-state index is 13.3. The second-order valence-electron chi connectivity index (χ2n) is 6.10. The van der Waals surface area contributed by atoms with E-state index in [2.05, 4.69) is 5.32 Å². The van der Waals surface area contributed by atoms with Gasteiger partial charge in [-0.05, 0) is 25.5 Å². The average molecular weight is 323 g/mol. The van der Waals surface area contributed by atoms with Gasteiger partial charge in [-0.3, -0.25) is 9.59 Å². The van der Waals surface area contributed by atoms with Crippen LogP contribution in [0.4, 0.5) is 14.5 Å². The van der Waals surface area contributed by atoms with Gasteiger partial charge in [-0.25, -0.2) is 8.78 Å². The van der Waals surface area contributed by atoms with Crippen molar-refractivity contribution >= 4 is 17.5 Å². The Morgan fingerprint density at radius 3 is 2.57 bits per heavy atom. The van der Waals surface area contributed by atoms with E-state index in [4.69, 9.17) is 0 Å². The highest BCUT2D eigenvalue weighted by Crippen LogP contribution is 2.28. The maximum absolute atomic E-state index is 13.3. The van der Waals surface area contributed by atoms with Crippen molar-refractivity contribution in [1.29, 1.82) is 0 Å². The molecule has 1 N–H and O–H groups in total. The van der Waals surface area contributed by atoms with Crippen LogP contribution in [0, 0.1) is 17.6 Å². The van der Waals surface area contributed by atoms with E-state index in [-0.39, 0.29) is 23.5 Å². The van der Waals surface area contributed by atoms with Crippen molar-refractivity contribution in [2.45, 2.75) is 19.4 Å². The molecule has 0 aromatic heterocycles. The number of benzene rings is 1. The molecule has 2 fully saturated rings. The minimum Gasteiger partial charge on any atom is -0.339 e. The normalized spacial score (nSPS) is 25.1. The van der Waals surface area contributed by atoms with Crippen LogP contribution in [0.15, 0.2) is 18.2 Å². The molecule has 0 bridgehead atoms. The van der Waals surface area contributed by atoms with Crippen LogP contribution in [0.1, 0.15) is 13.3 Å². The summed E-state index contributed by atoms with van der Waals surface area (Å²) in [6, 6.07) is 3.17. The third kappa shape index (κ3) is 3.19. The summed E-state index contributed by atoms with van der Waals surface area (Å²) in [5, 5.41) is 3.24. The fraction of sp³-hybridized carbons (Fsp3) is 0.500. The van der Waals surface area contributed by atoms with Crippen LogP contribution in [0.3, 0.4) is 0 Å². The number of nitrogens with one attached hydrogen (secondary N) is 1. The quantitative estimate of drug-likeness (QED) is 0.831. The smallest absolute Gasteiger partial charge is 0.239 e. The number of amides is 2. The van der Waals surface area contributed by atoms with E-state index in [1.54, 1.807) is 4.90 Å². The summed E-state index contributed by atoms with van der Waals surface area (Å²) >= 11 is 0. The van der Waals surface area contributed by atoms with Gasteiger partial charge >= 0.3 is 0 Å². The zero-order chi connectivity index (χ0) is 16.6. The van der Waals surface area contributed by atoms with Gasteiger partial charge in [0, 0.05) is 44.0 Å². The first kappa shape index (κ1) is 15.9. The number of piperazine rings is 1. The first-order valence-corrected chi connectivity index (χ1v) is 7.75. The van der Waals surface area contributed by atoms with E-state index in [9.17, 15) is 18.4 Å². The van der Waals surface area contributed by atoms with E-state index in [0.717, 1.165) is 18.2 Å². The standard InChI is InChI=1S/C16H19F2N3O2/c1-10-9-20(5-3-19-10)15(22)14-2-4-21(16(14)23)13-7-11(17)6-12(18)8-13/h6-8,10,14,19H,2-5,9H2,1H3/t10-,14+/m1/s1. The number of hydrogen-bond acceptors (Lipinski definition) is 3. The van der Waals surface area contributed by atoms with Gasteiger partial charge in [0.15, 0.2) is 0 Å². The number of carbonyl (C=O) groups excluding carboxylic acids is 2. The van der Waals surface area contributed by atoms with Gasteiger partial charge < -0.3 is 15.1 Å². The summed E-state index contributed by atoms with van der Waals surface area (Å²) in [4.78, 5) is 28.1. The number of halogens is 2. The largest absolute Gasteiger partial charge is 0.339 e. The van der Waals surface area contributed by atoms with Crippen LogP contribution in [0.25, 0.3) is 0 Å². The third-order valence-electron chi connectivity index (χ3n) is 4.34. The molecule has 0 spiro atoms. The number of carbonyl (C=O) groups is 2. The van der Waals surface area contributed by atoms with Crippen molar-refractivity contribution in [3.63, 3.8) is 0 Å². The van der Waals surface area contributed by atoms with Crippen molar-refractivity contribution < 1.29 is 18.4 Å². The Morgan fingerprint density at radius 2 is 1.91 bits per heavy atom. The summed E-state index contributed by atoms with van der Waals surface area (Å²) in [7, 11) is 0. The van der Waals surface area contributed by atoms with E-state index >= 15 is 0 Å². The molecule has 2 aliphatic heterocycles. The van der Waals surface area contributed by atoms with Gasteiger partial charge in [-0.2, -0.15) is 0 Å². The third-order valence-corrected chi connectivity index (χ3v) is 4.34. The fourth-order valence-corrected chi connectivity index (χ4v) is 3.21. The maximum Gasteiger partial charge on any atom is 0.239 e. The Morgan fingerprint density at radius 1 is 1.22 bits per heavy atom. The lowest BCUT2D eigenvalue weighted by atomic mass is 10.1. The van der Waals surface area contributed by atoms with Gasteiger partial charge in [0.1, 0.15) is 17.6 Å². The van der Waals surface area contributed by atoms with Gasteiger partial charge in [0.05, 0.1) is 0 Å². The number of nitrogens with zero attached hydrogens (tertiary/aromatic N) is 2. The summed E-state index contributed by atoms with van der Waals surface area (Å²) in [6.07, 6.45) is 0.369. The Bertz CT molecular complexity index is 618. The Balaban J connectivity index is 1.74.